The number of rotatable bonds is 2. The van der Waals surface area contributed by atoms with Crippen molar-refractivity contribution in [3.05, 3.63) is 59.7 Å². The Labute approximate surface area is 173 Å². The molecule has 0 spiro atoms. The van der Waals surface area contributed by atoms with Crippen molar-refractivity contribution >= 4 is 34.9 Å². The largest absolute Gasteiger partial charge is 1.00 e. The second-order valence-electron chi connectivity index (χ2n) is 7.99. The maximum Gasteiger partial charge on any atom is 0.217 e. The van der Waals surface area contributed by atoms with Gasteiger partial charge in [-0.25, -0.2) is 4.99 Å². The zero-order valence-corrected chi connectivity index (χ0v) is 18.0. The molecule has 27 heavy (non-hydrogen) atoms. The molecule has 2 aromatic rings. The summed E-state index contributed by atoms with van der Waals surface area (Å²) in [5, 5.41) is 0. The van der Waals surface area contributed by atoms with E-state index in [-0.39, 0.29) is 17.2 Å². The monoisotopic (exact) mass is 398 g/mol. The van der Waals surface area contributed by atoms with Crippen LogP contribution in [-0.2, 0) is 0 Å². The number of thioether (sulfide) groups is 1. The van der Waals surface area contributed by atoms with Crippen molar-refractivity contribution in [2.45, 2.75) is 36.3 Å². The minimum atomic E-state index is 0. The molecule has 1 atom stereocenters. The number of para-hydroxylation sites is 1. The fourth-order valence-electron chi connectivity index (χ4n) is 4.04. The van der Waals surface area contributed by atoms with Crippen LogP contribution in [0.3, 0.4) is 0 Å². The van der Waals surface area contributed by atoms with Crippen molar-refractivity contribution in [1.82, 2.24) is 0 Å². The number of anilines is 1. The van der Waals surface area contributed by atoms with Crippen molar-refractivity contribution < 1.29 is 17.4 Å². The van der Waals surface area contributed by atoms with E-state index in [1.165, 1.54) is 39.5 Å². The van der Waals surface area contributed by atoms with Gasteiger partial charge in [-0.3, -0.25) is 0 Å². The molecule has 1 aliphatic heterocycles. The molecule has 2 aliphatic rings. The van der Waals surface area contributed by atoms with Gasteiger partial charge in [0.2, 0.25) is 5.69 Å². The molecule has 0 amide bonds. The quantitative estimate of drug-likeness (QED) is 0.821. The maximum absolute atomic E-state index is 3.80. The van der Waals surface area contributed by atoms with Gasteiger partial charge in [0.1, 0.15) is 0 Å². The summed E-state index contributed by atoms with van der Waals surface area (Å²) < 4.78 is 0.194. The first kappa shape index (κ1) is 20.0. The highest BCUT2D eigenvalue weighted by atomic mass is 35.5. The van der Waals surface area contributed by atoms with E-state index >= 15 is 0 Å². The Bertz CT molecular complexity index is 882. The molecular weight excluding hydrogens is 372 g/mol. The van der Waals surface area contributed by atoms with Crippen LogP contribution in [0.2, 0.25) is 0 Å². The fraction of sp³-hybridized carbons (Fsp3) is 0.348. The van der Waals surface area contributed by atoms with E-state index in [0.717, 1.165) is 6.42 Å². The molecule has 4 rings (SSSR count). The van der Waals surface area contributed by atoms with Gasteiger partial charge in [-0.15, -0.1) is 11.8 Å². The van der Waals surface area contributed by atoms with Crippen LogP contribution < -0.4 is 22.3 Å². The Balaban J connectivity index is 0.00000210. The Morgan fingerprint density at radius 2 is 1.78 bits per heavy atom. The Hall–Kier alpha value is -1.71. The SMILES string of the molecule is CN(C)c1ccc(/C=C2/CCC3C2=[NH+]c2ccccc2SC3(C)C)cc1.[Cl-]. The molecule has 1 heterocycles. The third-order valence-corrected chi connectivity index (χ3v) is 6.90. The first-order valence-electron chi connectivity index (χ1n) is 9.34. The summed E-state index contributed by atoms with van der Waals surface area (Å²) >= 11 is 2.01. The van der Waals surface area contributed by atoms with Crippen LogP contribution >= 0.6 is 11.8 Å². The zero-order valence-electron chi connectivity index (χ0n) is 16.4. The number of benzene rings is 2. The molecule has 0 aromatic heterocycles. The number of nitrogens with zero attached hydrogens (tertiary/aromatic N) is 1. The summed E-state index contributed by atoms with van der Waals surface area (Å²) in [7, 11) is 4.16. The molecule has 1 saturated carbocycles. The number of hydrogen-bond acceptors (Lipinski definition) is 2. The summed E-state index contributed by atoms with van der Waals surface area (Å²) in [6, 6.07) is 17.5. The molecule has 1 fully saturated rings. The second-order valence-corrected chi connectivity index (χ2v) is 9.68. The van der Waals surface area contributed by atoms with Gasteiger partial charge in [-0.2, -0.15) is 0 Å². The predicted octanol–water partition coefficient (Wildman–Crippen LogP) is 1.29. The van der Waals surface area contributed by atoms with Gasteiger partial charge in [-0.1, -0.05) is 24.3 Å². The van der Waals surface area contributed by atoms with Crippen LogP contribution in [0.25, 0.3) is 6.08 Å². The number of fused-ring (bicyclic) bond motifs is 2. The van der Waals surface area contributed by atoms with Gasteiger partial charge in [0.15, 0.2) is 5.71 Å². The van der Waals surface area contributed by atoms with Crippen LogP contribution in [0.15, 0.2) is 59.0 Å². The van der Waals surface area contributed by atoms with Crippen LogP contribution in [0.4, 0.5) is 11.4 Å². The van der Waals surface area contributed by atoms with E-state index in [9.17, 15) is 0 Å². The van der Waals surface area contributed by atoms with Gasteiger partial charge < -0.3 is 17.3 Å². The van der Waals surface area contributed by atoms with E-state index in [2.05, 4.69) is 92.4 Å². The Kier molecular flexibility index (Phi) is 5.73. The number of halogens is 1. The van der Waals surface area contributed by atoms with Gasteiger partial charge in [0.05, 0.1) is 10.8 Å². The normalized spacial score (nSPS) is 21.6. The standard InChI is InChI=1S/C23H26N2S.ClH/c1-23(2)19-14-11-17(15-16-9-12-18(13-10-16)25(3)4)22(19)24-20-7-5-6-8-21(20)26-23;/h5-10,12-13,15,19H,11,14H2,1-4H3;1H/b17-15-;. The molecule has 2 aromatic carbocycles. The van der Waals surface area contributed by atoms with Crippen LogP contribution in [0.5, 0.6) is 0 Å². The fourth-order valence-corrected chi connectivity index (χ4v) is 5.36. The van der Waals surface area contributed by atoms with Crippen LogP contribution in [0, 0.1) is 5.92 Å². The molecule has 1 N–H and O–H groups in total. The molecule has 1 unspecified atom stereocenters. The second kappa shape index (κ2) is 7.73. The summed E-state index contributed by atoms with van der Waals surface area (Å²) in [6.07, 6.45) is 4.74. The highest BCUT2D eigenvalue weighted by molar-refractivity contribution is 8.00. The minimum absolute atomic E-state index is 0. The van der Waals surface area contributed by atoms with Crippen LogP contribution in [-0.4, -0.2) is 24.6 Å². The lowest BCUT2D eigenvalue weighted by molar-refractivity contribution is -0.358. The van der Waals surface area contributed by atoms with Crippen molar-refractivity contribution in [2.24, 2.45) is 5.92 Å². The highest BCUT2D eigenvalue weighted by Gasteiger charge is 2.45. The Morgan fingerprint density at radius 1 is 1.07 bits per heavy atom. The molecule has 0 bridgehead atoms. The summed E-state index contributed by atoms with van der Waals surface area (Å²) in [6.45, 7) is 4.78. The van der Waals surface area contributed by atoms with Gasteiger partial charge in [0, 0.05) is 36.2 Å². The minimum Gasteiger partial charge on any atom is -1.00 e. The summed E-state index contributed by atoms with van der Waals surface area (Å²) in [5.74, 6) is 0.562. The first-order chi connectivity index (χ1) is 12.4. The molecule has 1 aliphatic carbocycles. The summed E-state index contributed by atoms with van der Waals surface area (Å²) in [4.78, 5) is 7.29. The average molecular weight is 399 g/mol. The molecule has 142 valence electrons. The number of allylic oxidation sites excluding steroid dienone is 1. The molecular formula is C23H27ClN2S. The first-order valence-corrected chi connectivity index (χ1v) is 10.2. The van der Waals surface area contributed by atoms with E-state index in [1.54, 1.807) is 0 Å². The van der Waals surface area contributed by atoms with Crippen molar-refractivity contribution in [1.29, 1.82) is 0 Å². The molecule has 2 nitrogen and oxygen atoms in total. The zero-order chi connectivity index (χ0) is 18.3. The topological polar surface area (TPSA) is 17.2 Å². The van der Waals surface area contributed by atoms with E-state index in [4.69, 9.17) is 0 Å². The average Bonchev–Trinajstić information content (AvgIpc) is 2.95. The number of hydrogen-bond donors (Lipinski definition) is 1. The molecule has 0 radical (unpaired) electrons. The highest BCUT2D eigenvalue weighted by Crippen LogP contribution is 2.47. The third kappa shape index (κ3) is 3.95. The van der Waals surface area contributed by atoms with Crippen molar-refractivity contribution in [3.8, 4) is 0 Å². The Morgan fingerprint density at radius 3 is 2.48 bits per heavy atom. The van der Waals surface area contributed by atoms with E-state index in [0.29, 0.717) is 5.92 Å². The van der Waals surface area contributed by atoms with Gasteiger partial charge in [-0.05, 0) is 56.5 Å². The lowest BCUT2D eigenvalue weighted by Crippen LogP contribution is -3.00. The maximum atomic E-state index is 3.80. The van der Waals surface area contributed by atoms with E-state index < -0.39 is 0 Å². The molecule has 4 heteroatoms. The lowest BCUT2D eigenvalue weighted by atomic mass is 9.91. The molecule has 0 saturated heterocycles. The third-order valence-electron chi connectivity index (χ3n) is 5.52. The van der Waals surface area contributed by atoms with Gasteiger partial charge in [0.25, 0.3) is 0 Å². The van der Waals surface area contributed by atoms with Crippen molar-refractivity contribution in [2.75, 3.05) is 19.0 Å². The van der Waals surface area contributed by atoms with Crippen molar-refractivity contribution in [3.63, 3.8) is 0 Å². The van der Waals surface area contributed by atoms with Crippen LogP contribution in [0.1, 0.15) is 32.3 Å². The number of nitrogens with one attached hydrogen (secondary N) is 1. The lowest BCUT2D eigenvalue weighted by Gasteiger charge is -2.27. The predicted molar refractivity (Wildman–Crippen MR) is 113 cm³/mol. The smallest absolute Gasteiger partial charge is 0.217 e. The van der Waals surface area contributed by atoms with Gasteiger partial charge >= 0.3 is 0 Å². The summed E-state index contributed by atoms with van der Waals surface area (Å²) in [5.41, 5.74) is 6.65. The van der Waals surface area contributed by atoms with E-state index in [1.807, 2.05) is 11.8 Å².